The van der Waals surface area contributed by atoms with Gasteiger partial charge < -0.3 is 14.2 Å². The Labute approximate surface area is 153 Å². The molecule has 0 aromatic carbocycles. The van der Waals surface area contributed by atoms with Crippen LogP contribution in [0.1, 0.15) is 48.5 Å². The molecule has 0 atom stereocenters. The van der Waals surface area contributed by atoms with E-state index in [9.17, 15) is 0 Å². The molecular formula is C21H25N3O2. The zero-order valence-electron chi connectivity index (χ0n) is 16.2. The molecular weight excluding hydrogens is 326 g/mol. The quantitative estimate of drug-likeness (QED) is 0.627. The van der Waals surface area contributed by atoms with Crippen LogP contribution in [-0.2, 0) is 0 Å². The highest BCUT2D eigenvalue weighted by Crippen LogP contribution is 2.31. The number of H-pyrrole nitrogens is 1. The first kappa shape index (κ1) is 18.0. The van der Waals surface area contributed by atoms with Crippen LogP contribution in [0.3, 0.4) is 0 Å². The minimum atomic E-state index is 0.614. The molecule has 0 bridgehead atoms. The number of allylic oxidation sites excluding steroid dienone is 3. The molecule has 136 valence electrons. The highest BCUT2D eigenvalue weighted by atomic mass is 16.5. The summed E-state index contributed by atoms with van der Waals surface area (Å²) in [4.78, 5) is 7.75. The van der Waals surface area contributed by atoms with E-state index in [1.807, 2.05) is 19.9 Å². The largest absolute Gasteiger partial charge is 0.481 e. The minimum absolute atomic E-state index is 0.614. The molecule has 5 nitrogen and oxygen atoms in total. The Morgan fingerprint density at radius 1 is 1.31 bits per heavy atom. The van der Waals surface area contributed by atoms with Crippen LogP contribution in [0.5, 0.6) is 5.88 Å². The van der Waals surface area contributed by atoms with Gasteiger partial charge >= 0.3 is 0 Å². The van der Waals surface area contributed by atoms with Gasteiger partial charge in [0.25, 0.3) is 0 Å². The van der Waals surface area contributed by atoms with Crippen molar-refractivity contribution in [3.8, 4) is 5.88 Å². The Balaban J connectivity index is 2.20. The number of pyridine rings is 1. The van der Waals surface area contributed by atoms with Gasteiger partial charge in [0.15, 0.2) is 0 Å². The van der Waals surface area contributed by atoms with Crippen LogP contribution in [0.4, 0.5) is 0 Å². The number of fused-ring (bicyclic) bond motifs is 1. The number of nitrogens with one attached hydrogen (secondary N) is 1. The van der Waals surface area contributed by atoms with Gasteiger partial charge in [-0.2, -0.15) is 0 Å². The smallest absolute Gasteiger partial charge is 0.213 e. The molecule has 0 saturated heterocycles. The van der Waals surface area contributed by atoms with Gasteiger partial charge in [-0.25, -0.2) is 4.98 Å². The Morgan fingerprint density at radius 2 is 2.08 bits per heavy atom. The SMILES string of the molecule is CC/C(C)=C\C(=C/c1[nH]c2cnc(OC)cc2c1C)c1c(C)noc1C. The molecule has 3 aromatic heterocycles. The summed E-state index contributed by atoms with van der Waals surface area (Å²) in [7, 11) is 1.63. The van der Waals surface area contributed by atoms with Gasteiger partial charge in [0.2, 0.25) is 5.88 Å². The summed E-state index contributed by atoms with van der Waals surface area (Å²) < 4.78 is 10.6. The molecule has 0 saturated carbocycles. The Bertz CT molecular complexity index is 986. The summed E-state index contributed by atoms with van der Waals surface area (Å²) in [6.07, 6.45) is 7.17. The topological polar surface area (TPSA) is 63.9 Å². The lowest BCUT2D eigenvalue weighted by Gasteiger charge is -2.05. The lowest BCUT2D eigenvalue weighted by molar-refractivity contribution is 0.393. The number of methoxy groups -OCH3 is 1. The average Bonchev–Trinajstić information content (AvgIpc) is 3.13. The van der Waals surface area contributed by atoms with Crippen molar-refractivity contribution in [3.63, 3.8) is 0 Å². The molecule has 0 aliphatic carbocycles. The van der Waals surface area contributed by atoms with Crippen LogP contribution in [0.15, 0.2) is 28.4 Å². The van der Waals surface area contributed by atoms with Gasteiger partial charge in [0.1, 0.15) is 5.76 Å². The molecule has 1 N–H and O–H groups in total. The molecule has 3 rings (SSSR count). The fourth-order valence-corrected chi connectivity index (χ4v) is 3.09. The predicted octanol–water partition coefficient (Wildman–Crippen LogP) is 5.38. The first-order valence-corrected chi connectivity index (χ1v) is 8.79. The lowest BCUT2D eigenvalue weighted by atomic mass is 9.99. The summed E-state index contributed by atoms with van der Waals surface area (Å²) >= 11 is 0. The van der Waals surface area contributed by atoms with E-state index in [0.717, 1.165) is 51.2 Å². The molecule has 0 aliphatic heterocycles. The fraction of sp³-hybridized carbons (Fsp3) is 0.333. The fourth-order valence-electron chi connectivity index (χ4n) is 3.09. The third-order valence-electron chi connectivity index (χ3n) is 4.75. The second-order valence-electron chi connectivity index (χ2n) is 6.58. The summed E-state index contributed by atoms with van der Waals surface area (Å²) in [6.45, 7) is 10.3. The van der Waals surface area contributed by atoms with Crippen LogP contribution in [0, 0.1) is 20.8 Å². The normalized spacial score (nSPS) is 12.8. The van der Waals surface area contributed by atoms with Gasteiger partial charge in [-0.1, -0.05) is 23.7 Å². The van der Waals surface area contributed by atoms with E-state index in [4.69, 9.17) is 9.26 Å². The van der Waals surface area contributed by atoms with Crippen molar-refractivity contribution in [1.82, 2.24) is 15.1 Å². The van der Waals surface area contributed by atoms with Crippen molar-refractivity contribution in [2.75, 3.05) is 7.11 Å². The Hall–Kier alpha value is -2.82. The predicted molar refractivity (Wildman–Crippen MR) is 105 cm³/mol. The van der Waals surface area contributed by atoms with Crippen molar-refractivity contribution in [1.29, 1.82) is 0 Å². The zero-order chi connectivity index (χ0) is 18.8. The van der Waals surface area contributed by atoms with E-state index in [1.165, 1.54) is 5.57 Å². The summed E-state index contributed by atoms with van der Waals surface area (Å²) in [5.41, 5.74) is 7.53. The standard InChI is InChI=1S/C21H25N3O2/c1-7-12(2)8-16(21-14(4)24-26-15(21)5)9-18-13(3)17-10-20(25-6)22-11-19(17)23-18/h8-11,23H,7H2,1-6H3/b12-8-,16-9+. The number of aromatic nitrogens is 3. The van der Waals surface area contributed by atoms with Gasteiger partial charge in [-0.15, -0.1) is 0 Å². The number of hydrogen-bond donors (Lipinski definition) is 1. The number of ether oxygens (including phenoxy) is 1. The number of aromatic amines is 1. The molecule has 5 heteroatoms. The molecule has 0 unspecified atom stereocenters. The third kappa shape index (κ3) is 3.29. The highest BCUT2D eigenvalue weighted by molar-refractivity contribution is 5.94. The maximum Gasteiger partial charge on any atom is 0.213 e. The molecule has 0 spiro atoms. The van der Waals surface area contributed by atoms with Crippen molar-refractivity contribution in [2.45, 2.75) is 41.0 Å². The molecule has 3 heterocycles. The van der Waals surface area contributed by atoms with Crippen LogP contribution < -0.4 is 4.74 Å². The van der Waals surface area contributed by atoms with Gasteiger partial charge in [-0.3, -0.25) is 0 Å². The van der Waals surface area contributed by atoms with Gasteiger partial charge in [-0.05, 0) is 51.3 Å². The summed E-state index contributed by atoms with van der Waals surface area (Å²) in [5.74, 6) is 1.44. The monoisotopic (exact) mass is 351 g/mol. The van der Waals surface area contributed by atoms with Crippen molar-refractivity contribution < 1.29 is 9.26 Å². The second kappa shape index (κ2) is 7.20. The molecule has 0 fully saturated rings. The zero-order valence-corrected chi connectivity index (χ0v) is 16.2. The second-order valence-corrected chi connectivity index (χ2v) is 6.58. The molecule has 0 amide bonds. The van der Waals surface area contributed by atoms with E-state index >= 15 is 0 Å². The van der Waals surface area contributed by atoms with Gasteiger partial charge in [0.05, 0.1) is 24.5 Å². The maximum atomic E-state index is 5.39. The summed E-state index contributed by atoms with van der Waals surface area (Å²) in [6, 6.07) is 1.96. The molecule has 26 heavy (non-hydrogen) atoms. The number of nitrogens with zero attached hydrogens (tertiary/aromatic N) is 2. The third-order valence-corrected chi connectivity index (χ3v) is 4.75. The molecule has 0 aliphatic rings. The first-order chi connectivity index (χ1) is 12.4. The number of hydrogen-bond acceptors (Lipinski definition) is 4. The Morgan fingerprint density at radius 3 is 2.69 bits per heavy atom. The minimum Gasteiger partial charge on any atom is -0.481 e. The Kier molecular flexibility index (Phi) is 4.98. The van der Waals surface area contributed by atoms with Crippen LogP contribution in [0.2, 0.25) is 0 Å². The van der Waals surface area contributed by atoms with Crippen molar-refractivity contribution >= 4 is 22.6 Å². The average molecular weight is 351 g/mol. The van der Waals surface area contributed by atoms with Crippen molar-refractivity contribution in [2.24, 2.45) is 0 Å². The highest BCUT2D eigenvalue weighted by Gasteiger charge is 2.15. The first-order valence-electron chi connectivity index (χ1n) is 8.79. The van der Waals surface area contributed by atoms with E-state index in [-0.39, 0.29) is 0 Å². The van der Waals surface area contributed by atoms with E-state index in [2.05, 4.69) is 48.0 Å². The van der Waals surface area contributed by atoms with Crippen LogP contribution in [-0.4, -0.2) is 22.2 Å². The lowest BCUT2D eigenvalue weighted by Crippen LogP contribution is -1.89. The van der Waals surface area contributed by atoms with E-state index in [1.54, 1.807) is 13.3 Å². The molecule has 3 aromatic rings. The maximum absolute atomic E-state index is 5.39. The van der Waals surface area contributed by atoms with E-state index in [0.29, 0.717) is 5.88 Å². The van der Waals surface area contributed by atoms with Gasteiger partial charge in [0, 0.05) is 22.7 Å². The molecule has 0 radical (unpaired) electrons. The van der Waals surface area contributed by atoms with E-state index < -0.39 is 0 Å². The van der Waals surface area contributed by atoms with Crippen molar-refractivity contribution in [3.05, 3.63) is 52.2 Å². The number of rotatable bonds is 5. The van der Waals surface area contributed by atoms with Crippen LogP contribution >= 0.6 is 0 Å². The number of aryl methyl sites for hydroxylation is 3. The van der Waals surface area contributed by atoms with Crippen LogP contribution in [0.25, 0.3) is 22.6 Å². The summed E-state index contributed by atoms with van der Waals surface area (Å²) in [5, 5.41) is 5.23.